The zero-order chi connectivity index (χ0) is 13.7. The highest BCUT2D eigenvalue weighted by molar-refractivity contribution is 7.99. The van der Waals surface area contributed by atoms with Crippen molar-refractivity contribution in [2.24, 2.45) is 7.05 Å². The van der Waals surface area contributed by atoms with E-state index in [1.807, 2.05) is 36.1 Å². The van der Waals surface area contributed by atoms with Gasteiger partial charge in [0.05, 0.1) is 11.7 Å². The number of hydrogen-bond acceptors (Lipinski definition) is 3. The summed E-state index contributed by atoms with van der Waals surface area (Å²) in [6, 6.07) is 8.88. The van der Waals surface area contributed by atoms with E-state index in [1.165, 1.54) is 12.1 Å². The van der Waals surface area contributed by atoms with E-state index in [2.05, 4.69) is 17.3 Å². The summed E-state index contributed by atoms with van der Waals surface area (Å²) in [6.45, 7) is 2.99. The number of hydrogen-bond donors (Lipinski definition) is 1. The predicted octanol–water partition coefficient (Wildman–Crippen LogP) is 3.00. The van der Waals surface area contributed by atoms with Crippen molar-refractivity contribution >= 4 is 11.8 Å². The molecule has 2 aromatic rings. The van der Waals surface area contributed by atoms with Crippen LogP contribution in [0.15, 0.2) is 41.4 Å². The fourth-order valence-electron chi connectivity index (χ4n) is 1.93. The molecule has 1 heterocycles. The molecule has 1 aromatic heterocycles. The molecule has 0 saturated carbocycles. The number of thioether (sulfide) groups is 1. The van der Waals surface area contributed by atoms with Crippen LogP contribution in [0.5, 0.6) is 0 Å². The van der Waals surface area contributed by atoms with Crippen LogP contribution in [0.25, 0.3) is 0 Å². The third-order valence-electron chi connectivity index (χ3n) is 2.90. The molecule has 0 radical (unpaired) electrons. The molecule has 0 spiro atoms. The van der Waals surface area contributed by atoms with Crippen LogP contribution >= 0.6 is 11.8 Å². The van der Waals surface area contributed by atoms with Crippen molar-refractivity contribution in [3.8, 4) is 0 Å². The van der Waals surface area contributed by atoms with E-state index in [0.717, 1.165) is 22.9 Å². The Morgan fingerprint density at radius 1 is 1.32 bits per heavy atom. The Morgan fingerprint density at radius 3 is 2.63 bits per heavy atom. The lowest BCUT2D eigenvalue weighted by Gasteiger charge is -2.17. The zero-order valence-corrected chi connectivity index (χ0v) is 12.0. The van der Waals surface area contributed by atoms with Gasteiger partial charge in [0.1, 0.15) is 5.82 Å². The van der Waals surface area contributed by atoms with Gasteiger partial charge >= 0.3 is 0 Å². The average Bonchev–Trinajstić information content (AvgIpc) is 2.83. The normalized spacial score (nSPS) is 12.6. The molecule has 102 valence electrons. The first-order chi connectivity index (χ1) is 9.20. The van der Waals surface area contributed by atoms with Crippen LogP contribution in [-0.2, 0) is 7.05 Å². The molecule has 0 bridgehead atoms. The van der Waals surface area contributed by atoms with Gasteiger partial charge in [-0.15, -0.1) is 11.8 Å². The lowest BCUT2D eigenvalue weighted by atomic mass is 10.2. The molecule has 1 N–H and O–H groups in total. The molecule has 2 rings (SSSR count). The van der Waals surface area contributed by atoms with Crippen LogP contribution in [-0.4, -0.2) is 22.1 Å². The molecule has 0 fully saturated rings. The van der Waals surface area contributed by atoms with Gasteiger partial charge in [-0.1, -0.05) is 6.92 Å². The summed E-state index contributed by atoms with van der Waals surface area (Å²) in [4.78, 5) is 1.08. The van der Waals surface area contributed by atoms with Crippen molar-refractivity contribution in [3.63, 3.8) is 0 Å². The Hall–Kier alpha value is -1.33. The number of benzene rings is 1. The Morgan fingerprint density at radius 2 is 2.05 bits per heavy atom. The maximum absolute atomic E-state index is 12.8. The Bertz CT molecular complexity index is 510. The summed E-state index contributed by atoms with van der Waals surface area (Å²) < 4.78 is 14.7. The van der Waals surface area contributed by atoms with Crippen molar-refractivity contribution in [3.05, 3.63) is 48.0 Å². The molecule has 0 aliphatic carbocycles. The van der Waals surface area contributed by atoms with Gasteiger partial charge < -0.3 is 5.32 Å². The van der Waals surface area contributed by atoms with Crippen LogP contribution in [0.2, 0.25) is 0 Å². The highest BCUT2D eigenvalue weighted by Gasteiger charge is 2.14. The number of aryl methyl sites for hydroxylation is 1. The SMILES string of the molecule is CCNC(CSc1ccc(F)cc1)c1ccnn1C. The monoisotopic (exact) mass is 279 g/mol. The minimum Gasteiger partial charge on any atom is -0.308 e. The van der Waals surface area contributed by atoms with Gasteiger partial charge in [0.25, 0.3) is 0 Å². The minimum absolute atomic E-state index is 0.195. The Balaban J connectivity index is 2.01. The summed E-state index contributed by atoms with van der Waals surface area (Å²) in [6.07, 6.45) is 1.81. The Labute approximate surface area is 117 Å². The quantitative estimate of drug-likeness (QED) is 0.824. The lowest BCUT2D eigenvalue weighted by molar-refractivity contribution is 0.552. The molecular weight excluding hydrogens is 261 g/mol. The van der Waals surface area contributed by atoms with Crippen molar-refractivity contribution in [2.45, 2.75) is 17.9 Å². The fraction of sp³-hybridized carbons (Fsp3) is 0.357. The van der Waals surface area contributed by atoms with Crippen LogP contribution in [0, 0.1) is 5.82 Å². The van der Waals surface area contributed by atoms with Crippen molar-refractivity contribution in [2.75, 3.05) is 12.3 Å². The lowest BCUT2D eigenvalue weighted by Crippen LogP contribution is -2.25. The van der Waals surface area contributed by atoms with Crippen LogP contribution in [0.3, 0.4) is 0 Å². The standard InChI is InChI=1S/C14H18FN3S/c1-3-16-13(14-8-9-17-18(14)2)10-19-12-6-4-11(15)5-7-12/h4-9,13,16H,3,10H2,1-2H3. The summed E-state index contributed by atoms with van der Waals surface area (Å²) in [5, 5.41) is 7.66. The summed E-state index contributed by atoms with van der Waals surface area (Å²) in [5.74, 6) is 0.693. The molecular formula is C14H18FN3S. The maximum Gasteiger partial charge on any atom is 0.123 e. The second-order valence-corrected chi connectivity index (χ2v) is 5.35. The first kappa shape index (κ1) is 14.1. The smallest absolute Gasteiger partial charge is 0.123 e. The molecule has 0 saturated heterocycles. The van der Waals surface area contributed by atoms with E-state index < -0.39 is 0 Å². The Kier molecular flexibility index (Phi) is 4.99. The van der Waals surface area contributed by atoms with Crippen molar-refractivity contribution in [1.82, 2.24) is 15.1 Å². The highest BCUT2D eigenvalue weighted by Crippen LogP contribution is 2.24. The minimum atomic E-state index is -0.195. The second-order valence-electron chi connectivity index (χ2n) is 4.25. The van der Waals surface area contributed by atoms with Gasteiger partial charge in [0.2, 0.25) is 0 Å². The average molecular weight is 279 g/mol. The molecule has 0 amide bonds. The van der Waals surface area contributed by atoms with E-state index in [9.17, 15) is 4.39 Å². The van der Waals surface area contributed by atoms with Gasteiger partial charge in [0, 0.05) is 23.9 Å². The molecule has 1 aromatic carbocycles. The number of nitrogens with zero attached hydrogens (tertiary/aromatic N) is 2. The van der Waals surface area contributed by atoms with Crippen LogP contribution in [0.4, 0.5) is 4.39 Å². The second kappa shape index (κ2) is 6.73. The molecule has 1 atom stereocenters. The summed E-state index contributed by atoms with van der Waals surface area (Å²) in [7, 11) is 1.95. The molecule has 0 aliphatic rings. The van der Waals surface area contributed by atoms with Crippen LogP contribution < -0.4 is 5.32 Å². The molecule has 3 nitrogen and oxygen atoms in total. The molecule has 19 heavy (non-hydrogen) atoms. The topological polar surface area (TPSA) is 29.9 Å². The van der Waals surface area contributed by atoms with Gasteiger partial charge in [-0.25, -0.2) is 4.39 Å². The van der Waals surface area contributed by atoms with Crippen molar-refractivity contribution < 1.29 is 4.39 Å². The van der Waals surface area contributed by atoms with E-state index in [0.29, 0.717) is 0 Å². The first-order valence-electron chi connectivity index (χ1n) is 6.30. The largest absolute Gasteiger partial charge is 0.308 e. The van der Waals surface area contributed by atoms with E-state index >= 15 is 0 Å². The fourth-order valence-corrected chi connectivity index (χ4v) is 2.91. The van der Waals surface area contributed by atoms with Gasteiger partial charge in [0.15, 0.2) is 0 Å². The van der Waals surface area contributed by atoms with Gasteiger partial charge in [-0.05, 0) is 36.9 Å². The van der Waals surface area contributed by atoms with Crippen molar-refractivity contribution in [1.29, 1.82) is 0 Å². The van der Waals surface area contributed by atoms with Gasteiger partial charge in [-0.2, -0.15) is 5.10 Å². The third-order valence-corrected chi connectivity index (χ3v) is 4.00. The molecule has 5 heteroatoms. The number of nitrogens with one attached hydrogen (secondary N) is 1. The number of rotatable bonds is 6. The van der Waals surface area contributed by atoms with Crippen LogP contribution in [0.1, 0.15) is 18.7 Å². The van der Waals surface area contributed by atoms with E-state index in [1.54, 1.807) is 11.8 Å². The summed E-state index contributed by atoms with van der Waals surface area (Å²) in [5.41, 5.74) is 1.16. The maximum atomic E-state index is 12.8. The first-order valence-corrected chi connectivity index (χ1v) is 7.29. The molecule has 1 unspecified atom stereocenters. The van der Waals surface area contributed by atoms with Gasteiger partial charge in [-0.3, -0.25) is 4.68 Å². The predicted molar refractivity (Wildman–Crippen MR) is 76.7 cm³/mol. The number of aromatic nitrogens is 2. The van der Waals surface area contributed by atoms with E-state index in [-0.39, 0.29) is 11.9 Å². The number of halogens is 1. The third kappa shape index (κ3) is 3.81. The zero-order valence-electron chi connectivity index (χ0n) is 11.1. The summed E-state index contributed by atoms with van der Waals surface area (Å²) >= 11 is 1.71. The highest BCUT2D eigenvalue weighted by atomic mass is 32.2. The van der Waals surface area contributed by atoms with E-state index in [4.69, 9.17) is 0 Å². The molecule has 0 aliphatic heterocycles.